The Morgan fingerprint density at radius 1 is 1.08 bits per heavy atom. The maximum atomic E-state index is 11.8. The van der Waals surface area contributed by atoms with Gasteiger partial charge in [0.2, 0.25) is 0 Å². The molecule has 0 spiro atoms. The van der Waals surface area contributed by atoms with Crippen LogP contribution >= 0.6 is 0 Å². The largest absolute Gasteiger partial charge is 0.431 e. The van der Waals surface area contributed by atoms with E-state index in [1.54, 1.807) is 12.1 Å². The van der Waals surface area contributed by atoms with Gasteiger partial charge in [-0.1, -0.05) is 48.4 Å². The van der Waals surface area contributed by atoms with Gasteiger partial charge < -0.3 is 4.74 Å². The van der Waals surface area contributed by atoms with E-state index in [4.69, 9.17) is 4.74 Å². The number of ether oxygens (including phenoxy) is 1. The molecule has 0 amide bonds. The summed E-state index contributed by atoms with van der Waals surface area (Å²) in [5.74, 6) is 0.0736. The van der Waals surface area contributed by atoms with Crippen LogP contribution in [0.3, 0.4) is 0 Å². The molecule has 0 radical (unpaired) electrons. The van der Waals surface area contributed by atoms with Crippen molar-refractivity contribution in [1.29, 1.82) is 0 Å². The Hall–Kier alpha value is -2.09. The lowest BCUT2D eigenvalue weighted by molar-refractivity contribution is 0.0661. The van der Waals surface area contributed by atoms with Crippen LogP contribution in [-0.4, -0.2) is 5.97 Å². The van der Waals surface area contributed by atoms with Crippen LogP contribution in [0.15, 0.2) is 66.0 Å². The van der Waals surface area contributed by atoms with Crippen LogP contribution in [0.25, 0.3) is 0 Å². The molecule has 2 heteroatoms. The van der Waals surface area contributed by atoms with Crippen LogP contribution in [0.2, 0.25) is 0 Å². The van der Waals surface area contributed by atoms with E-state index in [1.807, 2.05) is 24.3 Å². The van der Waals surface area contributed by atoms with Crippen molar-refractivity contribution in [2.24, 2.45) is 5.92 Å². The summed E-state index contributed by atoms with van der Waals surface area (Å²) in [7, 11) is 0. The molecule has 0 bridgehead atoms. The molecular weight excluding hydrogens is 296 g/mol. The van der Waals surface area contributed by atoms with Crippen LogP contribution < -0.4 is 0 Å². The van der Waals surface area contributed by atoms with E-state index in [9.17, 15) is 4.79 Å². The molecule has 0 aliphatic heterocycles. The smallest absolute Gasteiger partial charge is 0.342 e. The molecule has 0 N–H and O–H groups in total. The SMILES string of the molecule is CC(C)=CCC/C(C)=C/CCC(C)C=COC(=O)c1ccccc1. The zero-order valence-electron chi connectivity index (χ0n) is 15.4. The van der Waals surface area contributed by atoms with Crippen molar-refractivity contribution in [2.45, 2.75) is 53.4 Å². The fraction of sp³-hybridized carbons (Fsp3) is 0.409. The van der Waals surface area contributed by atoms with E-state index in [0.29, 0.717) is 11.5 Å². The summed E-state index contributed by atoms with van der Waals surface area (Å²) < 4.78 is 5.16. The topological polar surface area (TPSA) is 26.3 Å². The normalized spacial score (nSPS) is 12.9. The van der Waals surface area contributed by atoms with Gasteiger partial charge in [-0.05, 0) is 70.6 Å². The highest BCUT2D eigenvalue weighted by Gasteiger charge is 2.04. The molecule has 0 aliphatic carbocycles. The van der Waals surface area contributed by atoms with Gasteiger partial charge in [0.25, 0.3) is 0 Å². The molecule has 1 aromatic carbocycles. The molecule has 0 saturated carbocycles. The minimum Gasteiger partial charge on any atom is -0.431 e. The Balaban J connectivity index is 2.27. The highest BCUT2D eigenvalue weighted by atomic mass is 16.5. The summed E-state index contributed by atoms with van der Waals surface area (Å²) in [5.41, 5.74) is 3.40. The van der Waals surface area contributed by atoms with Gasteiger partial charge in [-0.25, -0.2) is 4.79 Å². The summed E-state index contributed by atoms with van der Waals surface area (Å²) in [6, 6.07) is 9.04. The maximum Gasteiger partial charge on any atom is 0.342 e. The number of hydrogen-bond acceptors (Lipinski definition) is 2. The Bertz CT molecular complexity index is 575. The third-order valence-corrected chi connectivity index (χ3v) is 3.80. The van der Waals surface area contributed by atoms with Crippen molar-refractivity contribution in [1.82, 2.24) is 0 Å². The van der Waals surface area contributed by atoms with Crippen molar-refractivity contribution < 1.29 is 9.53 Å². The fourth-order valence-corrected chi connectivity index (χ4v) is 2.26. The number of carbonyl (C=O) groups is 1. The Kier molecular flexibility index (Phi) is 9.52. The first kappa shape index (κ1) is 20.0. The van der Waals surface area contributed by atoms with Crippen molar-refractivity contribution in [3.8, 4) is 0 Å². The monoisotopic (exact) mass is 326 g/mol. The van der Waals surface area contributed by atoms with E-state index in [-0.39, 0.29) is 5.97 Å². The van der Waals surface area contributed by atoms with E-state index in [0.717, 1.165) is 25.7 Å². The average Bonchev–Trinajstić information content (AvgIpc) is 2.55. The molecule has 0 fully saturated rings. The van der Waals surface area contributed by atoms with Crippen LogP contribution in [0.5, 0.6) is 0 Å². The van der Waals surface area contributed by atoms with Gasteiger partial charge in [-0.2, -0.15) is 0 Å². The third-order valence-electron chi connectivity index (χ3n) is 3.80. The molecule has 0 aliphatic rings. The third kappa shape index (κ3) is 9.14. The summed E-state index contributed by atoms with van der Waals surface area (Å²) >= 11 is 0. The average molecular weight is 326 g/mol. The molecule has 0 heterocycles. The van der Waals surface area contributed by atoms with Crippen LogP contribution in [0.4, 0.5) is 0 Å². The molecule has 24 heavy (non-hydrogen) atoms. The Morgan fingerprint density at radius 3 is 2.46 bits per heavy atom. The van der Waals surface area contributed by atoms with E-state index in [2.05, 4.69) is 39.8 Å². The second-order valence-electron chi connectivity index (χ2n) is 6.53. The first-order chi connectivity index (χ1) is 11.5. The van der Waals surface area contributed by atoms with Crippen molar-refractivity contribution in [2.75, 3.05) is 0 Å². The fourth-order valence-electron chi connectivity index (χ4n) is 2.26. The molecule has 0 saturated heterocycles. The minimum absolute atomic E-state index is 0.311. The molecule has 1 rings (SSSR count). The lowest BCUT2D eigenvalue weighted by Gasteiger charge is -2.05. The van der Waals surface area contributed by atoms with E-state index in [1.165, 1.54) is 17.4 Å². The predicted molar refractivity (Wildman–Crippen MR) is 102 cm³/mol. The zero-order valence-corrected chi connectivity index (χ0v) is 15.4. The molecule has 130 valence electrons. The van der Waals surface area contributed by atoms with Gasteiger partial charge in [0, 0.05) is 0 Å². The number of hydrogen-bond donors (Lipinski definition) is 0. The predicted octanol–water partition coefficient (Wildman–Crippen LogP) is 6.47. The number of carbonyl (C=O) groups excluding carboxylic acids is 1. The quantitative estimate of drug-likeness (QED) is 0.295. The van der Waals surface area contributed by atoms with Gasteiger partial charge in [-0.3, -0.25) is 0 Å². The molecule has 1 aromatic rings. The lowest BCUT2D eigenvalue weighted by atomic mass is 10.0. The van der Waals surface area contributed by atoms with Gasteiger partial charge in [0.15, 0.2) is 0 Å². The number of esters is 1. The molecule has 0 aromatic heterocycles. The summed E-state index contributed by atoms with van der Waals surface area (Å²) in [5, 5.41) is 0. The minimum atomic E-state index is -0.311. The summed E-state index contributed by atoms with van der Waals surface area (Å²) in [6.45, 7) is 8.61. The standard InChI is InChI=1S/C22H30O2/c1-18(2)10-8-11-19(3)12-9-13-20(4)16-17-24-22(23)21-14-6-5-7-15-21/h5-7,10,12,14-17,20H,8-9,11,13H2,1-4H3/b17-16?,19-12+. The van der Waals surface area contributed by atoms with Crippen LogP contribution in [0.1, 0.15) is 63.7 Å². The van der Waals surface area contributed by atoms with Crippen molar-refractivity contribution in [3.05, 3.63) is 71.5 Å². The number of allylic oxidation sites excluding steroid dienone is 5. The van der Waals surface area contributed by atoms with Crippen molar-refractivity contribution >= 4 is 5.97 Å². The summed E-state index contributed by atoms with van der Waals surface area (Å²) in [6.07, 6.45) is 12.4. The van der Waals surface area contributed by atoms with Crippen molar-refractivity contribution in [3.63, 3.8) is 0 Å². The second-order valence-corrected chi connectivity index (χ2v) is 6.53. The van der Waals surface area contributed by atoms with Crippen LogP contribution in [-0.2, 0) is 4.74 Å². The Morgan fingerprint density at radius 2 is 1.79 bits per heavy atom. The van der Waals surface area contributed by atoms with Gasteiger partial charge >= 0.3 is 5.97 Å². The van der Waals surface area contributed by atoms with E-state index >= 15 is 0 Å². The molecule has 1 unspecified atom stereocenters. The highest BCUT2D eigenvalue weighted by Crippen LogP contribution is 2.13. The maximum absolute atomic E-state index is 11.8. The molecule has 2 nitrogen and oxygen atoms in total. The zero-order chi connectivity index (χ0) is 17.8. The van der Waals surface area contributed by atoms with Crippen LogP contribution in [0, 0.1) is 5.92 Å². The first-order valence-electron chi connectivity index (χ1n) is 8.70. The lowest BCUT2D eigenvalue weighted by Crippen LogP contribution is -2.00. The first-order valence-corrected chi connectivity index (χ1v) is 8.70. The van der Waals surface area contributed by atoms with Gasteiger partial charge in [0.1, 0.15) is 0 Å². The summed E-state index contributed by atoms with van der Waals surface area (Å²) in [4.78, 5) is 11.8. The van der Waals surface area contributed by atoms with Gasteiger partial charge in [0.05, 0.1) is 11.8 Å². The van der Waals surface area contributed by atoms with Gasteiger partial charge in [-0.15, -0.1) is 0 Å². The second kappa shape index (κ2) is 11.4. The number of rotatable bonds is 9. The number of benzene rings is 1. The molecule has 1 atom stereocenters. The Labute approximate surface area is 146 Å². The molecular formula is C22H30O2. The van der Waals surface area contributed by atoms with E-state index < -0.39 is 0 Å². The highest BCUT2D eigenvalue weighted by molar-refractivity contribution is 5.89.